The summed E-state index contributed by atoms with van der Waals surface area (Å²) >= 11 is 0. The van der Waals surface area contributed by atoms with Crippen LogP contribution in [0.2, 0.25) is 0 Å². The summed E-state index contributed by atoms with van der Waals surface area (Å²) in [4.78, 5) is 23.5. The Bertz CT molecular complexity index is 926. The van der Waals surface area contributed by atoms with E-state index in [0.717, 1.165) is 32.1 Å². The molecule has 3 atom stereocenters. The zero-order valence-corrected chi connectivity index (χ0v) is 25.2. The van der Waals surface area contributed by atoms with Crippen LogP contribution in [0.5, 0.6) is 0 Å². The Balaban J connectivity index is 0.00000165. The number of carbonyl (C=O) groups is 2. The Hall–Kier alpha value is -3.07. The third-order valence-electron chi connectivity index (χ3n) is 6.18. The molecule has 7 N–H and O–H groups in total. The van der Waals surface area contributed by atoms with Crippen molar-refractivity contribution in [1.29, 1.82) is 5.41 Å². The Morgan fingerprint density at radius 2 is 1.62 bits per heavy atom. The predicted molar refractivity (Wildman–Crippen MR) is 167 cm³/mol. The summed E-state index contributed by atoms with van der Waals surface area (Å²) in [5.41, 5.74) is 7.19. The van der Waals surface area contributed by atoms with Crippen molar-refractivity contribution in [3.05, 3.63) is 71.8 Å². The summed E-state index contributed by atoms with van der Waals surface area (Å²) < 4.78 is 0. The molecular formula is C32H53N5O3. The van der Waals surface area contributed by atoms with E-state index in [4.69, 9.17) is 11.1 Å². The average molecular weight is 556 g/mol. The van der Waals surface area contributed by atoms with Crippen LogP contribution in [-0.2, 0) is 9.59 Å². The number of rotatable bonds is 18. The van der Waals surface area contributed by atoms with Crippen molar-refractivity contribution >= 4 is 17.5 Å². The maximum Gasteiger partial charge on any atom is 0.220 e. The van der Waals surface area contributed by atoms with Crippen molar-refractivity contribution in [2.24, 2.45) is 5.73 Å². The van der Waals surface area contributed by atoms with Gasteiger partial charge in [-0.15, -0.1) is 0 Å². The molecule has 1 aromatic carbocycles. The molecular weight excluding hydrogens is 502 g/mol. The van der Waals surface area contributed by atoms with E-state index in [2.05, 4.69) is 22.9 Å². The highest BCUT2D eigenvalue weighted by molar-refractivity contribution is 6.01. The van der Waals surface area contributed by atoms with E-state index in [0.29, 0.717) is 42.6 Å². The molecule has 8 nitrogen and oxygen atoms in total. The number of nitrogens with two attached hydrogens (primary N) is 1. The first-order valence-electron chi connectivity index (χ1n) is 14.4. The number of aliphatic hydroxyl groups is 1. The molecule has 224 valence electrons. The molecule has 0 saturated carbocycles. The van der Waals surface area contributed by atoms with Gasteiger partial charge in [0.1, 0.15) is 6.23 Å². The first-order valence-corrected chi connectivity index (χ1v) is 14.4. The molecule has 0 fully saturated rings. The third kappa shape index (κ3) is 18.3. The number of hydrogen-bond donors (Lipinski definition) is 6. The number of allylic oxidation sites excluding steroid dienone is 6. The van der Waals surface area contributed by atoms with Gasteiger partial charge in [0.05, 0.1) is 5.71 Å². The van der Waals surface area contributed by atoms with Gasteiger partial charge in [0, 0.05) is 49.6 Å². The molecule has 8 heteroatoms. The van der Waals surface area contributed by atoms with Crippen LogP contribution < -0.4 is 21.7 Å². The minimum atomic E-state index is -1.12. The molecule has 40 heavy (non-hydrogen) atoms. The average Bonchev–Trinajstić information content (AvgIpc) is 2.94. The topological polar surface area (TPSA) is 140 Å². The first-order chi connectivity index (χ1) is 19.2. The molecule has 1 aromatic rings. The minimum Gasteiger partial charge on any atom is -0.375 e. The number of benzene rings is 1. The summed E-state index contributed by atoms with van der Waals surface area (Å²) in [6, 6.07) is 7.28. The summed E-state index contributed by atoms with van der Waals surface area (Å²) in [6.45, 7) is 8.50. The number of aliphatic hydroxyl groups excluding tert-OH is 1. The number of unbranched alkanes of at least 4 members (excludes halogenated alkanes) is 2. The van der Waals surface area contributed by atoms with Gasteiger partial charge in [-0.3, -0.25) is 9.59 Å². The maximum atomic E-state index is 12.2. The van der Waals surface area contributed by atoms with E-state index < -0.39 is 6.23 Å². The van der Waals surface area contributed by atoms with Crippen molar-refractivity contribution < 1.29 is 14.7 Å². The van der Waals surface area contributed by atoms with Crippen molar-refractivity contribution in [2.75, 3.05) is 13.6 Å². The second-order valence-electron chi connectivity index (χ2n) is 9.75. The molecule has 3 unspecified atom stereocenters. The third-order valence-corrected chi connectivity index (χ3v) is 6.18. The summed E-state index contributed by atoms with van der Waals surface area (Å²) in [5.74, 6) is -0.107. The van der Waals surface area contributed by atoms with E-state index in [1.807, 2.05) is 63.3 Å². The first kappa shape index (κ1) is 36.9. The summed E-state index contributed by atoms with van der Waals surface area (Å²) in [7, 11) is 1.59. The van der Waals surface area contributed by atoms with E-state index in [1.165, 1.54) is 0 Å². The smallest absolute Gasteiger partial charge is 0.220 e. The molecule has 0 bridgehead atoms. The van der Waals surface area contributed by atoms with Crippen molar-refractivity contribution in [2.45, 2.75) is 97.4 Å². The van der Waals surface area contributed by atoms with Gasteiger partial charge in [-0.2, -0.15) is 0 Å². The van der Waals surface area contributed by atoms with Crippen molar-refractivity contribution in [3.63, 3.8) is 0 Å². The van der Waals surface area contributed by atoms with Crippen LogP contribution in [-0.4, -0.2) is 48.3 Å². The zero-order valence-electron chi connectivity index (χ0n) is 25.2. The number of nitrogens with one attached hydrogen (secondary N) is 4. The number of carbonyl (C=O) groups excluding carboxylic acids is 2. The van der Waals surface area contributed by atoms with Crippen LogP contribution in [0.3, 0.4) is 0 Å². The normalized spacial score (nSPS) is 13.6. The van der Waals surface area contributed by atoms with Crippen LogP contribution in [0.15, 0.2) is 60.7 Å². The van der Waals surface area contributed by atoms with Crippen LogP contribution in [0.1, 0.15) is 96.4 Å². The predicted octanol–water partition coefficient (Wildman–Crippen LogP) is 5.05. The fraction of sp³-hybridized carbons (Fsp3) is 0.531. The van der Waals surface area contributed by atoms with Crippen LogP contribution >= 0.6 is 0 Å². The summed E-state index contributed by atoms with van der Waals surface area (Å²) in [5, 5.41) is 27.3. The molecule has 0 radical (unpaired) electrons. The SMILES string of the molecule is CCCCCC(CC(C)NC(=O)CCCC(=O)NC)NCC(=N)c1ccccc1C(N)O.C\C=C/C=C\C=C/C. The lowest BCUT2D eigenvalue weighted by Gasteiger charge is -2.24. The van der Waals surface area contributed by atoms with Gasteiger partial charge in [0.15, 0.2) is 0 Å². The molecule has 0 saturated heterocycles. The molecule has 0 aliphatic rings. The number of hydrogen-bond acceptors (Lipinski definition) is 6. The molecule has 0 aliphatic heterocycles. The van der Waals surface area contributed by atoms with Gasteiger partial charge in [0.25, 0.3) is 0 Å². The van der Waals surface area contributed by atoms with Gasteiger partial charge < -0.3 is 32.2 Å². The van der Waals surface area contributed by atoms with E-state index in [9.17, 15) is 14.7 Å². The molecule has 0 aromatic heterocycles. The Morgan fingerprint density at radius 3 is 2.20 bits per heavy atom. The van der Waals surface area contributed by atoms with Crippen molar-refractivity contribution in [1.82, 2.24) is 16.0 Å². The lowest BCUT2D eigenvalue weighted by Crippen LogP contribution is -2.41. The van der Waals surface area contributed by atoms with Crippen LogP contribution in [0.4, 0.5) is 0 Å². The Kier molecular flexibility index (Phi) is 22.0. The fourth-order valence-electron chi connectivity index (χ4n) is 4.03. The monoisotopic (exact) mass is 555 g/mol. The highest BCUT2D eigenvalue weighted by Gasteiger charge is 2.17. The van der Waals surface area contributed by atoms with Gasteiger partial charge in [-0.25, -0.2) is 0 Å². The Labute approximate surface area is 242 Å². The maximum absolute atomic E-state index is 12.2. The summed E-state index contributed by atoms with van der Waals surface area (Å²) in [6.07, 6.45) is 17.1. The van der Waals surface area contributed by atoms with Gasteiger partial charge >= 0.3 is 0 Å². The fourth-order valence-corrected chi connectivity index (χ4v) is 4.03. The minimum absolute atomic E-state index is 0.0195. The van der Waals surface area contributed by atoms with Gasteiger partial charge in [0.2, 0.25) is 11.8 Å². The van der Waals surface area contributed by atoms with Gasteiger partial charge in [-0.05, 0) is 40.0 Å². The second-order valence-corrected chi connectivity index (χ2v) is 9.75. The van der Waals surface area contributed by atoms with Gasteiger partial charge in [-0.1, -0.05) is 86.9 Å². The molecule has 2 amide bonds. The largest absolute Gasteiger partial charge is 0.375 e. The van der Waals surface area contributed by atoms with E-state index >= 15 is 0 Å². The second kappa shape index (κ2) is 23.8. The molecule has 0 aliphatic carbocycles. The standard InChI is InChI=1S/C24H41N5O3.C8H12/c1-4-5-6-10-18(15-17(2)29-23(31)14-9-13-22(30)27-3)28-16-21(25)19-11-7-8-12-20(19)24(26)32;1-3-5-7-8-6-4-2/h7-8,11-12,17-18,24-25,28,32H,4-6,9-10,13-16,26H2,1-3H3,(H,27,30)(H,29,31);3-8H,1-2H3/b;5-3-,6-4-,8-7-. The van der Waals surface area contributed by atoms with Crippen LogP contribution in [0, 0.1) is 5.41 Å². The Morgan fingerprint density at radius 1 is 1.00 bits per heavy atom. The van der Waals surface area contributed by atoms with E-state index in [1.54, 1.807) is 25.2 Å². The highest BCUT2D eigenvalue weighted by Crippen LogP contribution is 2.15. The van der Waals surface area contributed by atoms with E-state index in [-0.39, 0.29) is 23.9 Å². The molecule has 0 heterocycles. The number of amides is 2. The lowest BCUT2D eigenvalue weighted by molar-refractivity contribution is -0.122. The quantitative estimate of drug-likeness (QED) is 0.0651. The molecule has 0 spiro atoms. The lowest BCUT2D eigenvalue weighted by atomic mass is 9.99. The van der Waals surface area contributed by atoms with Crippen molar-refractivity contribution in [3.8, 4) is 0 Å². The van der Waals surface area contributed by atoms with Crippen LogP contribution in [0.25, 0.3) is 0 Å². The highest BCUT2D eigenvalue weighted by atomic mass is 16.3. The molecule has 1 rings (SSSR count). The zero-order chi connectivity index (χ0) is 30.2.